The van der Waals surface area contributed by atoms with Crippen molar-refractivity contribution < 1.29 is 13.9 Å². The lowest BCUT2D eigenvalue weighted by molar-refractivity contribution is 0.112. The SMILES string of the molecule is CCOc1ccc(-c2cc(C=O)c3ccc(F)cc3n2)nc1.CNC1C[C@H]2CNC[C@H]2C1. The van der Waals surface area contributed by atoms with Gasteiger partial charge >= 0.3 is 0 Å². The molecule has 2 N–H and O–H groups in total. The van der Waals surface area contributed by atoms with E-state index >= 15 is 0 Å². The molecule has 0 bridgehead atoms. The Morgan fingerprint density at radius 2 is 1.94 bits per heavy atom. The summed E-state index contributed by atoms with van der Waals surface area (Å²) in [5.41, 5.74) is 1.99. The fraction of sp³-hybridized carbons (Fsp3) is 0.400. The normalized spacial score (nSPS) is 21.7. The summed E-state index contributed by atoms with van der Waals surface area (Å²) in [4.78, 5) is 19.9. The van der Waals surface area contributed by atoms with Crippen LogP contribution in [0.25, 0.3) is 22.3 Å². The van der Waals surface area contributed by atoms with Crippen molar-refractivity contribution in [3.63, 3.8) is 0 Å². The number of hydrogen-bond acceptors (Lipinski definition) is 6. The molecule has 0 amide bonds. The molecule has 5 rings (SSSR count). The van der Waals surface area contributed by atoms with Crippen LogP contribution in [0.15, 0.2) is 42.6 Å². The van der Waals surface area contributed by atoms with Crippen LogP contribution in [0.4, 0.5) is 4.39 Å². The largest absolute Gasteiger partial charge is 0.492 e. The summed E-state index contributed by atoms with van der Waals surface area (Å²) in [5.74, 6) is 2.23. The molecule has 2 aliphatic rings. The number of nitrogens with one attached hydrogen (secondary N) is 2. The van der Waals surface area contributed by atoms with Crippen LogP contribution in [0.2, 0.25) is 0 Å². The zero-order chi connectivity index (χ0) is 22.5. The molecule has 1 aromatic carbocycles. The fourth-order valence-electron chi connectivity index (χ4n) is 4.64. The minimum Gasteiger partial charge on any atom is -0.492 e. The molecule has 6 nitrogen and oxygen atoms in total. The Bertz CT molecular complexity index is 1060. The van der Waals surface area contributed by atoms with Gasteiger partial charge in [0.05, 0.1) is 29.7 Å². The van der Waals surface area contributed by atoms with E-state index in [9.17, 15) is 9.18 Å². The van der Waals surface area contributed by atoms with Gasteiger partial charge in [0.15, 0.2) is 6.29 Å². The molecular weight excluding hydrogens is 407 g/mol. The molecule has 168 valence electrons. The second-order valence-corrected chi connectivity index (χ2v) is 8.32. The summed E-state index contributed by atoms with van der Waals surface area (Å²) in [6.07, 6.45) is 5.12. The fourth-order valence-corrected chi connectivity index (χ4v) is 4.64. The summed E-state index contributed by atoms with van der Waals surface area (Å²) < 4.78 is 18.7. The molecule has 0 spiro atoms. The number of fused-ring (bicyclic) bond motifs is 2. The lowest BCUT2D eigenvalue weighted by atomic mass is 10.0. The minimum absolute atomic E-state index is 0.395. The van der Waals surface area contributed by atoms with E-state index in [0.29, 0.717) is 40.2 Å². The van der Waals surface area contributed by atoms with Gasteiger partial charge in [0, 0.05) is 23.1 Å². The van der Waals surface area contributed by atoms with Gasteiger partial charge in [0.2, 0.25) is 0 Å². The van der Waals surface area contributed by atoms with Crippen LogP contribution in [0.1, 0.15) is 30.1 Å². The Balaban J connectivity index is 0.000000203. The van der Waals surface area contributed by atoms with E-state index in [2.05, 4.69) is 27.6 Å². The minimum atomic E-state index is -0.395. The Morgan fingerprint density at radius 1 is 1.16 bits per heavy atom. The highest BCUT2D eigenvalue weighted by molar-refractivity contribution is 5.97. The zero-order valence-electron chi connectivity index (χ0n) is 18.5. The van der Waals surface area contributed by atoms with E-state index in [0.717, 1.165) is 24.2 Å². The van der Waals surface area contributed by atoms with Gasteiger partial charge in [-0.25, -0.2) is 9.37 Å². The first-order valence-corrected chi connectivity index (χ1v) is 11.1. The van der Waals surface area contributed by atoms with Crippen molar-refractivity contribution >= 4 is 17.2 Å². The predicted molar refractivity (Wildman–Crippen MR) is 123 cm³/mol. The van der Waals surface area contributed by atoms with E-state index < -0.39 is 5.82 Å². The number of benzene rings is 1. The van der Waals surface area contributed by atoms with Crippen LogP contribution in [0.3, 0.4) is 0 Å². The number of rotatable bonds is 5. The maximum Gasteiger partial charge on any atom is 0.150 e. The van der Waals surface area contributed by atoms with Crippen molar-refractivity contribution in [2.45, 2.75) is 25.8 Å². The number of carbonyl (C=O) groups excluding carboxylic acids is 1. The Kier molecular flexibility index (Phi) is 7.07. The average molecular weight is 437 g/mol. The van der Waals surface area contributed by atoms with Gasteiger partial charge in [-0.1, -0.05) is 0 Å². The molecule has 3 heterocycles. The Morgan fingerprint density at radius 3 is 2.56 bits per heavy atom. The topological polar surface area (TPSA) is 76.1 Å². The van der Waals surface area contributed by atoms with Crippen LogP contribution in [0.5, 0.6) is 5.75 Å². The molecule has 1 aliphatic carbocycles. The van der Waals surface area contributed by atoms with E-state index in [1.165, 1.54) is 38.1 Å². The Hall–Kier alpha value is -2.90. The molecule has 1 unspecified atom stereocenters. The number of aromatic nitrogens is 2. The van der Waals surface area contributed by atoms with Crippen LogP contribution < -0.4 is 15.4 Å². The smallest absolute Gasteiger partial charge is 0.150 e. The quantitative estimate of drug-likeness (QED) is 0.592. The first kappa shape index (κ1) is 22.3. The van der Waals surface area contributed by atoms with Crippen molar-refractivity contribution in [2.24, 2.45) is 11.8 Å². The predicted octanol–water partition coefficient (Wildman–Crippen LogP) is 3.85. The second kappa shape index (κ2) is 10.1. The van der Waals surface area contributed by atoms with Crippen LogP contribution >= 0.6 is 0 Å². The standard InChI is InChI=1S/C17H13FN2O2.C8H16N2/c1-2-22-13-4-6-15(19-9-13)17-7-11(10-21)14-5-3-12(18)8-16(14)20-17;1-9-8-2-6-4-10-5-7(6)3-8/h3-10H,2H2,1H3;6-10H,2-5H2,1H3/t;6-,7+,8?. The van der Waals surface area contributed by atoms with E-state index in [1.807, 2.05) is 6.92 Å². The molecule has 7 heteroatoms. The molecule has 32 heavy (non-hydrogen) atoms. The molecule has 1 saturated carbocycles. The highest BCUT2D eigenvalue weighted by Crippen LogP contribution is 2.34. The Labute approximate surface area is 187 Å². The van der Waals surface area contributed by atoms with Gasteiger partial charge in [-0.2, -0.15) is 0 Å². The van der Waals surface area contributed by atoms with Gasteiger partial charge < -0.3 is 15.4 Å². The molecule has 2 aromatic heterocycles. The number of halogens is 1. The number of pyridine rings is 2. The van der Waals surface area contributed by atoms with Gasteiger partial charge in [0.1, 0.15) is 11.6 Å². The maximum atomic E-state index is 13.4. The second-order valence-electron chi connectivity index (χ2n) is 8.32. The third-order valence-electron chi connectivity index (χ3n) is 6.30. The lowest BCUT2D eigenvalue weighted by Gasteiger charge is -2.08. The number of carbonyl (C=O) groups is 1. The molecular formula is C25H29FN4O2. The average Bonchev–Trinajstić information content (AvgIpc) is 3.41. The molecule has 3 atom stereocenters. The van der Waals surface area contributed by atoms with Crippen molar-refractivity contribution in [1.82, 2.24) is 20.6 Å². The first-order valence-electron chi connectivity index (χ1n) is 11.1. The van der Waals surface area contributed by atoms with Gasteiger partial charge in [0.25, 0.3) is 0 Å². The zero-order valence-corrected chi connectivity index (χ0v) is 18.5. The van der Waals surface area contributed by atoms with Crippen LogP contribution in [-0.2, 0) is 0 Å². The molecule has 1 aliphatic heterocycles. The van der Waals surface area contributed by atoms with E-state index in [-0.39, 0.29) is 0 Å². The monoisotopic (exact) mass is 436 g/mol. The van der Waals surface area contributed by atoms with Crippen LogP contribution in [0, 0.1) is 17.7 Å². The van der Waals surface area contributed by atoms with Crippen molar-refractivity contribution in [3.8, 4) is 17.1 Å². The highest BCUT2D eigenvalue weighted by atomic mass is 19.1. The summed E-state index contributed by atoms with van der Waals surface area (Å²) >= 11 is 0. The van der Waals surface area contributed by atoms with Gasteiger partial charge in [-0.3, -0.25) is 9.78 Å². The molecule has 2 fully saturated rings. The van der Waals surface area contributed by atoms with Crippen LogP contribution in [-0.4, -0.2) is 49.0 Å². The molecule has 1 saturated heterocycles. The third-order valence-corrected chi connectivity index (χ3v) is 6.30. The maximum absolute atomic E-state index is 13.4. The van der Waals surface area contributed by atoms with E-state index in [4.69, 9.17) is 4.74 Å². The summed E-state index contributed by atoms with van der Waals surface area (Å²) in [6, 6.07) is 10.2. The number of nitrogens with zero attached hydrogens (tertiary/aromatic N) is 2. The number of hydrogen-bond donors (Lipinski definition) is 2. The van der Waals surface area contributed by atoms with E-state index in [1.54, 1.807) is 30.5 Å². The first-order chi connectivity index (χ1) is 15.6. The van der Waals surface area contributed by atoms with Gasteiger partial charge in [-0.05, 0) is 82.1 Å². The number of ether oxygens (including phenoxy) is 1. The van der Waals surface area contributed by atoms with Crippen molar-refractivity contribution in [1.29, 1.82) is 0 Å². The number of aldehydes is 1. The van der Waals surface area contributed by atoms with Crippen molar-refractivity contribution in [2.75, 3.05) is 26.7 Å². The lowest BCUT2D eigenvalue weighted by Crippen LogP contribution is -2.24. The summed E-state index contributed by atoms with van der Waals surface area (Å²) in [5, 5.41) is 7.42. The van der Waals surface area contributed by atoms with Gasteiger partial charge in [-0.15, -0.1) is 0 Å². The third kappa shape index (κ3) is 4.95. The van der Waals surface area contributed by atoms with Crippen molar-refractivity contribution in [3.05, 3.63) is 54.0 Å². The molecule has 3 aromatic rings. The summed E-state index contributed by atoms with van der Waals surface area (Å²) in [6.45, 7) is 4.99. The highest BCUT2D eigenvalue weighted by Gasteiger charge is 2.36. The molecule has 0 radical (unpaired) electrons. The summed E-state index contributed by atoms with van der Waals surface area (Å²) in [7, 11) is 2.08.